The molecule has 2 amide bonds. The summed E-state index contributed by atoms with van der Waals surface area (Å²) < 4.78 is 0. The number of amides is 2. The zero-order chi connectivity index (χ0) is 19.7. The fraction of sp³-hybridized carbons (Fsp3) is 0.286. The van der Waals surface area contributed by atoms with Crippen molar-refractivity contribution in [1.82, 2.24) is 0 Å². The molecule has 2 fully saturated rings. The number of carboxylic acid groups (broad SMARTS) is 1. The van der Waals surface area contributed by atoms with E-state index in [0.717, 1.165) is 31.1 Å². The topological polar surface area (TPSA) is 85.2 Å². The van der Waals surface area contributed by atoms with Crippen LogP contribution in [0.2, 0.25) is 0 Å². The quantitative estimate of drug-likeness (QED) is 0.695. The molecule has 1 N–H and O–H groups in total. The van der Waals surface area contributed by atoms with Crippen molar-refractivity contribution in [2.45, 2.75) is 12.5 Å². The summed E-state index contributed by atoms with van der Waals surface area (Å²) in [7, 11) is 0. The number of piperazine rings is 1. The molecular formula is C21H21N3O4. The Balaban J connectivity index is 1.44. The molecule has 7 heteroatoms. The zero-order valence-electron chi connectivity index (χ0n) is 15.3. The molecule has 7 nitrogen and oxygen atoms in total. The molecule has 1 atom stereocenters. The lowest BCUT2D eigenvalue weighted by atomic mass is 10.1. The van der Waals surface area contributed by atoms with Crippen LogP contribution in [0.1, 0.15) is 16.8 Å². The smallest absolute Gasteiger partial charge is 0.292 e. The minimum Gasteiger partial charge on any atom is -0.545 e. The number of anilines is 2. The van der Waals surface area contributed by atoms with Crippen LogP contribution in [0.15, 0.2) is 54.6 Å². The molecule has 28 heavy (non-hydrogen) atoms. The van der Waals surface area contributed by atoms with Crippen molar-refractivity contribution in [3.05, 3.63) is 60.2 Å². The summed E-state index contributed by atoms with van der Waals surface area (Å²) in [6.07, 6.45) is 0.182. The van der Waals surface area contributed by atoms with Gasteiger partial charge in [-0.25, -0.2) is 4.90 Å². The van der Waals surface area contributed by atoms with Crippen LogP contribution < -0.4 is 19.8 Å². The van der Waals surface area contributed by atoms with E-state index in [9.17, 15) is 19.5 Å². The number of hydrogen-bond acceptors (Lipinski definition) is 5. The monoisotopic (exact) mass is 379 g/mol. The number of quaternary nitrogens is 1. The fourth-order valence-electron chi connectivity index (χ4n) is 4.01. The predicted molar refractivity (Wildman–Crippen MR) is 101 cm³/mol. The van der Waals surface area contributed by atoms with Crippen molar-refractivity contribution in [3.63, 3.8) is 0 Å². The minimum absolute atomic E-state index is 0.0158. The van der Waals surface area contributed by atoms with Gasteiger partial charge in [0.25, 0.3) is 5.91 Å². The van der Waals surface area contributed by atoms with Crippen molar-refractivity contribution >= 4 is 29.2 Å². The fourth-order valence-corrected chi connectivity index (χ4v) is 4.01. The highest BCUT2D eigenvalue weighted by Crippen LogP contribution is 2.22. The van der Waals surface area contributed by atoms with Crippen LogP contribution in [0, 0.1) is 0 Å². The van der Waals surface area contributed by atoms with E-state index >= 15 is 0 Å². The Morgan fingerprint density at radius 1 is 0.929 bits per heavy atom. The number of carbonyl (C=O) groups excluding carboxylic acids is 3. The maximum absolute atomic E-state index is 12.9. The highest BCUT2D eigenvalue weighted by atomic mass is 16.4. The van der Waals surface area contributed by atoms with Gasteiger partial charge in [0.15, 0.2) is 6.04 Å². The van der Waals surface area contributed by atoms with Gasteiger partial charge < -0.3 is 19.7 Å². The van der Waals surface area contributed by atoms with Crippen molar-refractivity contribution in [3.8, 4) is 0 Å². The number of para-hydroxylation sites is 1. The Labute approximate surface area is 162 Å². The van der Waals surface area contributed by atoms with Crippen molar-refractivity contribution < 1.29 is 24.4 Å². The van der Waals surface area contributed by atoms with Crippen LogP contribution >= 0.6 is 0 Å². The Kier molecular flexibility index (Phi) is 4.83. The second-order valence-corrected chi connectivity index (χ2v) is 7.14. The number of hydrogen-bond donors (Lipinski definition) is 1. The van der Waals surface area contributed by atoms with E-state index in [1.165, 1.54) is 34.9 Å². The van der Waals surface area contributed by atoms with Crippen molar-refractivity contribution in [1.29, 1.82) is 0 Å². The molecule has 1 unspecified atom stereocenters. The van der Waals surface area contributed by atoms with Crippen LogP contribution in [0.4, 0.5) is 11.4 Å². The molecule has 0 bridgehead atoms. The molecule has 2 aromatic carbocycles. The number of rotatable bonds is 4. The SMILES string of the molecule is O=C([O-])c1ccc(N2C(=O)CC([NH+]3CCN(c4ccccc4)CC3)C2=O)cc1. The van der Waals surface area contributed by atoms with Crippen molar-refractivity contribution in [2.24, 2.45) is 0 Å². The van der Waals surface area contributed by atoms with Gasteiger partial charge in [0.1, 0.15) is 0 Å². The summed E-state index contributed by atoms with van der Waals surface area (Å²) in [4.78, 5) is 40.9. The summed E-state index contributed by atoms with van der Waals surface area (Å²) in [5, 5.41) is 10.9. The maximum Gasteiger partial charge on any atom is 0.292 e. The number of nitrogens with zero attached hydrogens (tertiary/aromatic N) is 2. The van der Waals surface area contributed by atoms with Gasteiger partial charge in [-0.1, -0.05) is 30.3 Å². The highest BCUT2D eigenvalue weighted by molar-refractivity contribution is 6.21. The van der Waals surface area contributed by atoms with Gasteiger partial charge in [-0.2, -0.15) is 0 Å². The molecule has 2 aliphatic rings. The second-order valence-electron chi connectivity index (χ2n) is 7.14. The largest absolute Gasteiger partial charge is 0.545 e. The standard InChI is InChI=1S/C21H21N3O4/c25-19-14-18(20(26)24(19)17-8-6-15(7-9-17)21(27)28)23-12-10-22(11-13-23)16-4-2-1-3-5-16/h1-9,18H,10-14H2,(H,27,28). The molecular weight excluding hydrogens is 358 g/mol. The highest BCUT2D eigenvalue weighted by Gasteiger charge is 2.46. The van der Waals surface area contributed by atoms with Gasteiger partial charge in [-0.05, 0) is 29.8 Å². The van der Waals surface area contributed by atoms with E-state index in [4.69, 9.17) is 0 Å². The van der Waals surface area contributed by atoms with E-state index < -0.39 is 5.97 Å². The molecule has 0 saturated carbocycles. The van der Waals surface area contributed by atoms with Gasteiger partial charge in [-0.15, -0.1) is 0 Å². The first-order valence-corrected chi connectivity index (χ1v) is 9.37. The summed E-state index contributed by atoms with van der Waals surface area (Å²) in [6.45, 7) is 3.24. The van der Waals surface area contributed by atoms with E-state index in [1.807, 2.05) is 18.2 Å². The lowest BCUT2D eigenvalue weighted by molar-refractivity contribution is -0.915. The predicted octanol–water partition coefficient (Wildman–Crippen LogP) is -0.913. The van der Waals surface area contributed by atoms with E-state index in [0.29, 0.717) is 5.69 Å². The Hall–Kier alpha value is -3.19. The second kappa shape index (κ2) is 7.44. The van der Waals surface area contributed by atoms with Crippen molar-refractivity contribution in [2.75, 3.05) is 36.0 Å². The molecule has 2 aromatic rings. The third-order valence-electron chi connectivity index (χ3n) is 5.53. The number of carbonyl (C=O) groups is 3. The molecule has 0 aliphatic carbocycles. The summed E-state index contributed by atoms with van der Waals surface area (Å²) >= 11 is 0. The summed E-state index contributed by atoms with van der Waals surface area (Å²) in [5.74, 6) is -1.74. The molecule has 0 aromatic heterocycles. The normalized spacial score (nSPS) is 20.6. The molecule has 0 radical (unpaired) electrons. The van der Waals surface area contributed by atoms with Gasteiger partial charge in [-0.3, -0.25) is 9.59 Å². The summed E-state index contributed by atoms with van der Waals surface area (Å²) in [6, 6.07) is 15.4. The first-order chi connectivity index (χ1) is 13.5. The lowest BCUT2D eigenvalue weighted by Crippen LogP contribution is -3.19. The van der Waals surface area contributed by atoms with Gasteiger partial charge in [0.05, 0.1) is 44.3 Å². The van der Waals surface area contributed by atoms with Gasteiger partial charge >= 0.3 is 0 Å². The number of nitrogens with one attached hydrogen (secondary N) is 1. The van der Waals surface area contributed by atoms with Crippen LogP contribution in [0.3, 0.4) is 0 Å². The van der Waals surface area contributed by atoms with Crippen LogP contribution in [-0.2, 0) is 9.59 Å². The van der Waals surface area contributed by atoms with Crippen LogP contribution in [-0.4, -0.2) is 50.0 Å². The first-order valence-electron chi connectivity index (χ1n) is 9.37. The molecule has 4 rings (SSSR count). The molecule has 144 valence electrons. The summed E-state index contributed by atoms with van der Waals surface area (Å²) in [5.41, 5.74) is 1.59. The Morgan fingerprint density at radius 2 is 1.57 bits per heavy atom. The number of carboxylic acids is 1. The molecule has 2 saturated heterocycles. The van der Waals surface area contributed by atoms with Crippen LogP contribution in [0.5, 0.6) is 0 Å². The maximum atomic E-state index is 12.9. The third-order valence-corrected chi connectivity index (χ3v) is 5.53. The lowest BCUT2D eigenvalue weighted by Gasteiger charge is -2.35. The Bertz CT molecular complexity index is 890. The molecule has 2 heterocycles. The van der Waals surface area contributed by atoms with Gasteiger partial charge in [0.2, 0.25) is 5.91 Å². The van der Waals surface area contributed by atoms with E-state index in [1.54, 1.807) is 0 Å². The van der Waals surface area contributed by atoms with Gasteiger partial charge in [0, 0.05) is 5.69 Å². The number of aromatic carboxylic acids is 1. The number of benzene rings is 2. The van der Waals surface area contributed by atoms with E-state index in [2.05, 4.69) is 17.0 Å². The first kappa shape index (κ1) is 18.2. The van der Waals surface area contributed by atoms with Crippen LogP contribution in [0.25, 0.3) is 0 Å². The number of imide groups is 1. The van der Waals surface area contributed by atoms with E-state index in [-0.39, 0.29) is 29.8 Å². The third kappa shape index (κ3) is 3.36. The molecule has 0 spiro atoms. The minimum atomic E-state index is -1.29. The average Bonchev–Trinajstić information content (AvgIpc) is 3.03. The Morgan fingerprint density at radius 3 is 2.18 bits per heavy atom. The average molecular weight is 379 g/mol. The zero-order valence-corrected chi connectivity index (χ0v) is 15.3. The molecule has 2 aliphatic heterocycles.